The number of alkyl halides is 12. The predicted molar refractivity (Wildman–Crippen MR) is 170 cm³/mol. The lowest BCUT2D eigenvalue weighted by Crippen LogP contribution is -2.27. The minimum absolute atomic E-state index is 0.0148. The zero-order valence-electron chi connectivity index (χ0n) is 26.6. The van der Waals surface area contributed by atoms with Gasteiger partial charge in [-0.2, -0.15) is 52.7 Å². The zero-order valence-corrected chi connectivity index (χ0v) is 28.3. The van der Waals surface area contributed by atoms with Crippen LogP contribution in [0.1, 0.15) is 99.8 Å². The summed E-state index contributed by atoms with van der Waals surface area (Å²) in [5.41, 5.74) is -5.58. The first-order valence-electron chi connectivity index (χ1n) is 16.3. The standard InChI is InChI=1S/C35H36F12P2/c1-21(48(26-9-4-2-5-10-26)27-11-6-3-7-12-27)30-13-8-14-31(30)49(28-17-22(32(36,37)38)15-23(18-28)33(39,40)41)29-19-24(34(42,43)44)16-25(20-29)35(45,46)47/h8,13,15-21,26-27H,2-7,9-12,14H2,1H3/t21-/m0/s1. The zero-order chi connectivity index (χ0) is 35.9. The highest BCUT2D eigenvalue weighted by Crippen LogP contribution is 2.63. The normalized spacial score (nSPS) is 19.8. The van der Waals surface area contributed by atoms with Crippen molar-refractivity contribution < 1.29 is 52.7 Å². The Morgan fingerprint density at radius 1 is 0.531 bits per heavy atom. The summed E-state index contributed by atoms with van der Waals surface area (Å²) >= 11 is 0. The first kappa shape index (κ1) is 38.2. The maximum atomic E-state index is 14.1. The van der Waals surface area contributed by atoms with Gasteiger partial charge in [0, 0.05) is 5.66 Å². The number of hydrogen-bond acceptors (Lipinski definition) is 0. The van der Waals surface area contributed by atoms with E-state index in [1.807, 2.05) is 6.92 Å². The number of halogens is 12. The van der Waals surface area contributed by atoms with Crippen LogP contribution in [0.25, 0.3) is 0 Å². The van der Waals surface area contributed by atoms with Gasteiger partial charge in [-0.1, -0.05) is 65.5 Å². The fourth-order valence-corrected chi connectivity index (χ4v) is 14.8. The summed E-state index contributed by atoms with van der Waals surface area (Å²) in [6.07, 6.45) is -7.42. The molecule has 0 aromatic heterocycles. The molecule has 270 valence electrons. The largest absolute Gasteiger partial charge is 0.416 e. The van der Waals surface area contributed by atoms with Crippen LogP contribution in [0.5, 0.6) is 0 Å². The molecule has 0 amide bonds. The van der Waals surface area contributed by atoms with E-state index in [1.54, 1.807) is 12.2 Å². The summed E-state index contributed by atoms with van der Waals surface area (Å²) in [5, 5.41) is -0.915. The molecule has 5 rings (SSSR count). The molecule has 0 N–H and O–H groups in total. The van der Waals surface area contributed by atoms with Crippen LogP contribution in [0.2, 0.25) is 0 Å². The molecule has 2 aromatic carbocycles. The van der Waals surface area contributed by atoms with E-state index < -0.39 is 73.4 Å². The van der Waals surface area contributed by atoms with Crippen LogP contribution in [0.4, 0.5) is 52.7 Å². The third kappa shape index (κ3) is 8.88. The minimum atomic E-state index is -5.27. The topological polar surface area (TPSA) is 0 Å². The first-order chi connectivity index (χ1) is 22.7. The highest BCUT2D eigenvalue weighted by Gasteiger charge is 2.43. The predicted octanol–water partition coefficient (Wildman–Crippen LogP) is 12.9. The van der Waals surface area contributed by atoms with Crippen molar-refractivity contribution in [1.82, 2.24) is 0 Å². The molecule has 3 aliphatic rings. The van der Waals surface area contributed by atoms with Crippen molar-refractivity contribution in [2.45, 2.75) is 119 Å². The quantitative estimate of drug-likeness (QED) is 0.196. The Morgan fingerprint density at radius 2 is 0.878 bits per heavy atom. The average Bonchev–Trinajstić information content (AvgIpc) is 3.50. The smallest absolute Gasteiger partial charge is 0.166 e. The Labute approximate surface area is 279 Å². The van der Waals surface area contributed by atoms with Crippen LogP contribution in [0, 0.1) is 0 Å². The molecule has 2 fully saturated rings. The van der Waals surface area contributed by atoms with Crippen molar-refractivity contribution in [3.63, 3.8) is 0 Å². The second-order valence-electron chi connectivity index (χ2n) is 13.1. The van der Waals surface area contributed by atoms with Crippen LogP contribution in [-0.4, -0.2) is 17.0 Å². The fourth-order valence-electron chi connectivity index (χ4n) is 7.56. The van der Waals surface area contributed by atoms with Crippen LogP contribution < -0.4 is 10.6 Å². The average molecular weight is 747 g/mol. The van der Waals surface area contributed by atoms with Gasteiger partial charge in [0.25, 0.3) is 0 Å². The molecule has 0 heterocycles. The summed E-state index contributed by atoms with van der Waals surface area (Å²) < 4.78 is 169. The van der Waals surface area contributed by atoms with E-state index in [9.17, 15) is 52.7 Å². The lowest BCUT2D eigenvalue weighted by molar-refractivity contribution is -0.144. The maximum Gasteiger partial charge on any atom is 0.416 e. The minimum Gasteiger partial charge on any atom is -0.166 e. The van der Waals surface area contributed by atoms with Gasteiger partial charge < -0.3 is 0 Å². The lowest BCUT2D eigenvalue weighted by Gasteiger charge is -2.43. The Morgan fingerprint density at radius 3 is 1.20 bits per heavy atom. The summed E-state index contributed by atoms with van der Waals surface area (Å²) in [7, 11) is -3.49. The van der Waals surface area contributed by atoms with E-state index in [1.165, 1.54) is 0 Å². The molecule has 3 aliphatic carbocycles. The van der Waals surface area contributed by atoms with Crippen molar-refractivity contribution in [1.29, 1.82) is 0 Å². The highest BCUT2D eigenvalue weighted by atomic mass is 31.1. The molecule has 0 nitrogen and oxygen atoms in total. The van der Waals surface area contributed by atoms with Crippen molar-refractivity contribution in [3.8, 4) is 0 Å². The monoisotopic (exact) mass is 746 g/mol. The number of benzene rings is 2. The van der Waals surface area contributed by atoms with E-state index in [0.717, 1.165) is 64.2 Å². The molecule has 0 radical (unpaired) electrons. The van der Waals surface area contributed by atoms with Gasteiger partial charge in [0.1, 0.15) is 0 Å². The van der Waals surface area contributed by atoms with E-state index in [0.29, 0.717) is 46.5 Å². The maximum absolute atomic E-state index is 14.1. The molecule has 2 saturated carbocycles. The molecule has 0 bridgehead atoms. The van der Waals surface area contributed by atoms with Gasteiger partial charge in [-0.3, -0.25) is 0 Å². The molecule has 14 heteroatoms. The van der Waals surface area contributed by atoms with Gasteiger partial charge in [0.2, 0.25) is 0 Å². The molecular weight excluding hydrogens is 710 g/mol. The molecular formula is C35H36F12P2. The summed E-state index contributed by atoms with van der Waals surface area (Å²) in [6, 6.07) is 1.64. The first-order valence-corrected chi connectivity index (χ1v) is 19.2. The van der Waals surface area contributed by atoms with Gasteiger partial charge in [0.05, 0.1) is 22.3 Å². The van der Waals surface area contributed by atoms with Gasteiger partial charge in [-0.25, -0.2) is 0 Å². The number of hydrogen-bond donors (Lipinski definition) is 0. The Bertz CT molecular complexity index is 1380. The Hall–Kier alpha value is -2.06. The Kier molecular flexibility index (Phi) is 11.3. The van der Waals surface area contributed by atoms with Gasteiger partial charge in [-0.05, 0) is 109 Å². The van der Waals surface area contributed by atoms with E-state index in [2.05, 4.69) is 0 Å². The second kappa shape index (κ2) is 14.5. The summed E-state index contributed by atoms with van der Waals surface area (Å²) in [5.74, 6) is 0. The highest BCUT2D eigenvalue weighted by molar-refractivity contribution is 7.77. The number of rotatable bonds is 7. The van der Waals surface area contributed by atoms with E-state index in [4.69, 9.17) is 0 Å². The third-order valence-electron chi connectivity index (χ3n) is 9.76. The van der Waals surface area contributed by atoms with Crippen LogP contribution in [0.3, 0.4) is 0 Å². The lowest BCUT2D eigenvalue weighted by atomic mass is 9.99. The molecule has 0 spiro atoms. The third-order valence-corrected chi connectivity index (χ3v) is 16.2. The molecule has 1 atom stereocenters. The van der Waals surface area contributed by atoms with Crippen molar-refractivity contribution >= 4 is 26.5 Å². The summed E-state index contributed by atoms with van der Waals surface area (Å²) in [4.78, 5) is 0. The SMILES string of the molecule is C[C@@H](C1=C(P(c2cc(C(F)(F)F)cc(C(F)(F)F)c2)c2cc(C(F)(F)F)cc(C(F)(F)F)c2)CC=C1)P(C1CCCCC1)C1CCCCC1. The van der Waals surface area contributed by atoms with Crippen LogP contribution in [0.15, 0.2) is 59.4 Å². The molecule has 2 aromatic rings. The summed E-state index contributed by atoms with van der Waals surface area (Å²) in [6.45, 7) is 1.98. The molecule has 49 heavy (non-hydrogen) atoms. The van der Waals surface area contributed by atoms with Crippen LogP contribution >= 0.6 is 15.8 Å². The van der Waals surface area contributed by atoms with Gasteiger partial charge in [0.15, 0.2) is 0 Å². The van der Waals surface area contributed by atoms with Gasteiger partial charge in [-0.15, -0.1) is 0 Å². The number of allylic oxidation sites excluding steroid dienone is 4. The molecule has 0 saturated heterocycles. The van der Waals surface area contributed by atoms with Crippen molar-refractivity contribution in [3.05, 3.63) is 81.7 Å². The van der Waals surface area contributed by atoms with Gasteiger partial charge >= 0.3 is 24.7 Å². The fraction of sp³-hybridized carbons (Fsp3) is 0.543. The van der Waals surface area contributed by atoms with Crippen molar-refractivity contribution in [2.75, 3.05) is 0 Å². The second-order valence-corrected chi connectivity index (χ2v) is 18.5. The molecule has 0 unspecified atom stereocenters. The van der Waals surface area contributed by atoms with E-state index in [-0.39, 0.29) is 24.2 Å². The molecule has 0 aliphatic heterocycles. The Balaban J connectivity index is 1.78. The van der Waals surface area contributed by atoms with Crippen molar-refractivity contribution in [2.24, 2.45) is 0 Å². The van der Waals surface area contributed by atoms with Crippen LogP contribution in [-0.2, 0) is 24.7 Å². The van der Waals surface area contributed by atoms with E-state index >= 15 is 0 Å².